The molecule has 1 fully saturated rings. The Balaban J connectivity index is 1.95. The van der Waals surface area contributed by atoms with E-state index in [-0.39, 0.29) is 0 Å². The van der Waals surface area contributed by atoms with Gasteiger partial charge in [-0.2, -0.15) is 0 Å². The molecule has 0 heterocycles. The largest absolute Gasteiger partial charge is 0.313 e. The van der Waals surface area contributed by atoms with Crippen LogP contribution in [0.5, 0.6) is 0 Å². The van der Waals surface area contributed by atoms with Gasteiger partial charge in [0.1, 0.15) is 0 Å². The van der Waals surface area contributed by atoms with E-state index >= 15 is 0 Å². The molecule has 2 heteroatoms. The summed E-state index contributed by atoms with van der Waals surface area (Å²) in [4.78, 5) is 0. The van der Waals surface area contributed by atoms with Crippen molar-refractivity contribution in [3.8, 4) is 0 Å². The molecule has 1 aliphatic carbocycles. The number of unbranched alkanes of at least 4 members (excludes halogenated alkanes) is 1. The zero-order chi connectivity index (χ0) is 14.4. The predicted molar refractivity (Wildman–Crippen MR) is 88.2 cm³/mol. The molecule has 1 aliphatic rings. The quantitative estimate of drug-likeness (QED) is 0.720. The van der Waals surface area contributed by atoms with E-state index in [0.29, 0.717) is 6.04 Å². The van der Waals surface area contributed by atoms with Gasteiger partial charge in [0.2, 0.25) is 0 Å². The monoisotopic (exact) mass is 293 g/mol. The Morgan fingerprint density at radius 1 is 1.20 bits per heavy atom. The molecule has 0 aromatic heterocycles. The molecule has 0 amide bonds. The van der Waals surface area contributed by atoms with Crippen molar-refractivity contribution in [2.24, 2.45) is 11.8 Å². The van der Waals surface area contributed by atoms with Gasteiger partial charge in [-0.3, -0.25) is 0 Å². The number of nitrogens with one attached hydrogen (secondary N) is 1. The number of rotatable bonds is 6. The van der Waals surface area contributed by atoms with Crippen molar-refractivity contribution in [3.63, 3.8) is 0 Å². The first kappa shape index (κ1) is 15.9. The Morgan fingerprint density at radius 3 is 2.50 bits per heavy atom. The van der Waals surface area contributed by atoms with Crippen LogP contribution in [-0.2, 0) is 0 Å². The highest BCUT2D eigenvalue weighted by atomic mass is 35.5. The Kier molecular flexibility index (Phi) is 6.38. The average Bonchev–Trinajstić information content (AvgIpc) is 2.49. The van der Waals surface area contributed by atoms with E-state index in [4.69, 9.17) is 11.6 Å². The summed E-state index contributed by atoms with van der Waals surface area (Å²) >= 11 is 6.37. The minimum Gasteiger partial charge on any atom is -0.313 e. The van der Waals surface area contributed by atoms with Crippen LogP contribution in [-0.4, -0.2) is 7.05 Å². The molecule has 0 aliphatic heterocycles. The van der Waals surface area contributed by atoms with E-state index in [1.165, 1.54) is 50.5 Å². The number of benzene rings is 1. The van der Waals surface area contributed by atoms with E-state index in [9.17, 15) is 0 Å². The molecule has 1 unspecified atom stereocenters. The zero-order valence-corrected chi connectivity index (χ0v) is 13.6. The van der Waals surface area contributed by atoms with Crippen LogP contribution >= 0.6 is 11.6 Å². The molecule has 1 nitrogen and oxygen atoms in total. The van der Waals surface area contributed by atoms with E-state index in [2.05, 4.69) is 31.4 Å². The molecule has 1 saturated carbocycles. The molecule has 20 heavy (non-hydrogen) atoms. The minimum absolute atomic E-state index is 0.413. The maximum absolute atomic E-state index is 6.37. The average molecular weight is 294 g/mol. The lowest BCUT2D eigenvalue weighted by molar-refractivity contribution is 0.218. The number of halogens is 1. The fourth-order valence-electron chi connectivity index (χ4n) is 3.68. The fraction of sp³-hybridized carbons (Fsp3) is 0.667. The smallest absolute Gasteiger partial charge is 0.0453 e. The standard InChI is InChI=1S/C18H28ClN/c1-3-4-7-14-10-12-15(13-11-14)18(20-2)16-8-5-6-9-17(16)19/h5-6,8-9,14-15,18,20H,3-4,7,10-13H2,1-2H3. The van der Waals surface area contributed by atoms with Crippen LogP contribution in [0.15, 0.2) is 24.3 Å². The summed E-state index contributed by atoms with van der Waals surface area (Å²) in [6.45, 7) is 2.29. The van der Waals surface area contributed by atoms with Crippen LogP contribution in [0.3, 0.4) is 0 Å². The van der Waals surface area contributed by atoms with Gasteiger partial charge in [0, 0.05) is 11.1 Å². The van der Waals surface area contributed by atoms with Crippen LogP contribution in [0.2, 0.25) is 5.02 Å². The molecule has 0 saturated heterocycles. The zero-order valence-electron chi connectivity index (χ0n) is 12.9. The molecule has 0 spiro atoms. The molecule has 1 N–H and O–H groups in total. The van der Waals surface area contributed by atoms with Gasteiger partial charge >= 0.3 is 0 Å². The molecule has 2 rings (SSSR count). The Hall–Kier alpha value is -0.530. The highest BCUT2D eigenvalue weighted by Crippen LogP contribution is 2.39. The first-order valence-electron chi connectivity index (χ1n) is 8.18. The summed E-state index contributed by atoms with van der Waals surface area (Å²) in [6.07, 6.45) is 9.63. The van der Waals surface area contributed by atoms with E-state index in [0.717, 1.165) is 16.9 Å². The summed E-state index contributed by atoms with van der Waals surface area (Å²) in [5, 5.41) is 4.41. The van der Waals surface area contributed by atoms with Gasteiger partial charge in [-0.25, -0.2) is 0 Å². The Bertz CT molecular complexity index is 396. The van der Waals surface area contributed by atoms with Gasteiger partial charge in [-0.1, -0.05) is 68.8 Å². The third kappa shape index (κ3) is 3.99. The fourth-order valence-corrected chi connectivity index (χ4v) is 3.93. The summed E-state index contributed by atoms with van der Waals surface area (Å²) in [5.74, 6) is 1.70. The van der Waals surface area contributed by atoms with Gasteiger partial charge in [-0.15, -0.1) is 0 Å². The normalized spacial score (nSPS) is 24.6. The second kappa shape index (κ2) is 8.05. The Morgan fingerprint density at radius 2 is 1.90 bits per heavy atom. The van der Waals surface area contributed by atoms with E-state index in [1.807, 2.05) is 12.1 Å². The van der Waals surface area contributed by atoms with Crippen molar-refractivity contribution in [2.75, 3.05) is 7.05 Å². The number of hydrogen-bond acceptors (Lipinski definition) is 1. The van der Waals surface area contributed by atoms with Crippen molar-refractivity contribution < 1.29 is 0 Å². The topological polar surface area (TPSA) is 12.0 Å². The van der Waals surface area contributed by atoms with Crippen molar-refractivity contribution in [2.45, 2.75) is 57.9 Å². The van der Waals surface area contributed by atoms with Crippen LogP contribution in [0.1, 0.15) is 63.5 Å². The third-order valence-electron chi connectivity index (χ3n) is 4.88. The molecule has 1 aromatic carbocycles. The molecule has 0 radical (unpaired) electrons. The Labute approximate surface area is 129 Å². The van der Waals surface area contributed by atoms with Gasteiger partial charge in [0.15, 0.2) is 0 Å². The van der Waals surface area contributed by atoms with Gasteiger partial charge in [0.05, 0.1) is 0 Å². The lowest BCUT2D eigenvalue weighted by Gasteiger charge is -2.34. The lowest BCUT2D eigenvalue weighted by Crippen LogP contribution is -2.29. The highest BCUT2D eigenvalue weighted by molar-refractivity contribution is 6.31. The summed E-state index contributed by atoms with van der Waals surface area (Å²) in [5.41, 5.74) is 1.27. The molecule has 1 aromatic rings. The first-order valence-corrected chi connectivity index (χ1v) is 8.55. The van der Waals surface area contributed by atoms with E-state index in [1.54, 1.807) is 0 Å². The van der Waals surface area contributed by atoms with Gasteiger partial charge in [-0.05, 0) is 43.4 Å². The highest BCUT2D eigenvalue weighted by Gasteiger charge is 2.28. The van der Waals surface area contributed by atoms with Crippen molar-refractivity contribution in [3.05, 3.63) is 34.9 Å². The summed E-state index contributed by atoms with van der Waals surface area (Å²) < 4.78 is 0. The molecular formula is C18H28ClN. The molecular weight excluding hydrogens is 266 g/mol. The SMILES string of the molecule is CCCCC1CCC(C(NC)c2ccccc2Cl)CC1. The summed E-state index contributed by atoms with van der Waals surface area (Å²) in [7, 11) is 2.07. The van der Waals surface area contributed by atoms with Crippen molar-refractivity contribution in [1.82, 2.24) is 5.32 Å². The lowest BCUT2D eigenvalue weighted by atomic mass is 9.75. The maximum atomic E-state index is 6.37. The second-order valence-electron chi connectivity index (χ2n) is 6.21. The number of hydrogen-bond donors (Lipinski definition) is 1. The molecule has 0 bridgehead atoms. The molecule has 112 valence electrons. The maximum Gasteiger partial charge on any atom is 0.0453 e. The van der Waals surface area contributed by atoms with Crippen LogP contribution in [0, 0.1) is 11.8 Å². The van der Waals surface area contributed by atoms with Crippen LogP contribution in [0.4, 0.5) is 0 Å². The third-order valence-corrected chi connectivity index (χ3v) is 5.22. The second-order valence-corrected chi connectivity index (χ2v) is 6.62. The van der Waals surface area contributed by atoms with Crippen molar-refractivity contribution in [1.29, 1.82) is 0 Å². The van der Waals surface area contributed by atoms with E-state index < -0.39 is 0 Å². The first-order chi connectivity index (χ1) is 9.76. The van der Waals surface area contributed by atoms with Gasteiger partial charge in [0.25, 0.3) is 0 Å². The predicted octanol–water partition coefficient (Wildman–Crippen LogP) is 5.60. The van der Waals surface area contributed by atoms with Crippen LogP contribution in [0.25, 0.3) is 0 Å². The summed E-state index contributed by atoms with van der Waals surface area (Å²) in [6, 6.07) is 8.70. The van der Waals surface area contributed by atoms with Crippen molar-refractivity contribution >= 4 is 11.6 Å². The molecule has 1 atom stereocenters. The minimum atomic E-state index is 0.413. The van der Waals surface area contributed by atoms with Crippen LogP contribution < -0.4 is 5.32 Å². The van der Waals surface area contributed by atoms with Gasteiger partial charge < -0.3 is 5.32 Å².